The summed E-state index contributed by atoms with van der Waals surface area (Å²) < 4.78 is 21.9. The highest BCUT2D eigenvalue weighted by Gasteiger charge is 2.16. The maximum atomic E-state index is 12.3. The van der Waals surface area contributed by atoms with Gasteiger partial charge in [-0.2, -0.15) is 0 Å². The van der Waals surface area contributed by atoms with E-state index >= 15 is 0 Å². The minimum absolute atomic E-state index is 0.0568. The maximum Gasteiger partial charge on any atom is 0.258 e. The van der Waals surface area contributed by atoms with Crippen molar-refractivity contribution in [1.29, 1.82) is 0 Å². The van der Waals surface area contributed by atoms with Gasteiger partial charge in [-0.1, -0.05) is 26.0 Å². The van der Waals surface area contributed by atoms with Crippen LogP contribution in [0.25, 0.3) is 0 Å². The number of carbonyl (C=O) groups is 1. The fraction of sp³-hybridized carbons (Fsp3) is 0.409. The van der Waals surface area contributed by atoms with E-state index in [1.54, 1.807) is 27.4 Å². The van der Waals surface area contributed by atoms with Crippen molar-refractivity contribution in [3.63, 3.8) is 0 Å². The van der Waals surface area contributed by atoms with E-state index in [0.29, 0.717) is 23.2 Å². The Bertz CT molecular complexity index is 817. The Morgan fingerprint density at radius 3 is 2.29 bits per heavy atom. The van der Waals surface area contributed by atoms with Gasteiger partial charge in [-0.25, -0.2) is 0 Å². The SMILES string of the molecule is COc1ccc(CNC(=O)COc2cc(C)ccc2C(C)C)c(OC)c1OC. The molecular formula is C22H29NO5. The van der Waals surface area contributed by atoms with Crippen LogP contribution in [0.1, 0.15) is 36.5 Å². The zero-order chi connectivity index (χ0) is 20.7. The van der Waals surface area contributed by atoms with Gasteiger partial charge < -0.3 is 24.3 Å². The molecule has 28 heavy (non-hydrogen) atoms. The zero-order valence-electron chi connectivity index (χ0n) is 17.4. The molecule has 0 aliphatic heterocycles. The molecule has 6 heteroatoms. The van der Waals surface area contributed by atoms with Crippen molar-refractivity contribution in [3.8, 4) is 23.0 Å². The second kappa shape index (κ2) is 9.88. The number of amides is 1. The molecule has 0 fully saturated rings. The van der Waals surface area contributed by atoms with E-state index in [-0.39, 0.29) is 19.1 Å². The van der Waals surface area contributed by atoms with Crippen LogP contribution < -0.4 is 24.3 Å². The molecule has 2 rings (SSSR count). The van der Waals surface area contributed by atoms with Crippen LogP contribution in [0.15, 0.2) is 30.3 Å². The van der Waals surface area contributed by atoms with Crippen molar-refractivity contribution in [2.24, 2.45) is 0 Å². The number of carbonyl (C=O) groups excluding carboxylic acids is 1. The van der Waals surface area contributed by atoms with Crippen LogP contribution >= 0.6 is 0 Å². The summed E-state index contributed by atoms with van der Waals surface area (Å²) in [4.78, 5) is 12.3. The monoisotopic (exact) mass is 387 g/mol. The van der Waals surface area contributed by atoms with E-state index in [4.69, 9.17) is 18.9 Å². The summed E-state index contributed by atoms with van der Waals surface area (Å²) in [5, 5.41) is 2.86. The molecule has 0 heterocycles. The molecular weight excluding hydrogens is 358 g/mol. The molecule has 0 bridgehead atoms. The molecule has 152 valence electrons. The molecule has 0 radical (unpaired) electrons. The predicted molar refractivity (Wildman–Crippen MR) is 109 cm³/mol. The van der Waals surface area contributed by atoms with Crippen molar-refractivity contribution in [3.05, 3.63) is 47.0 Å². The van der Waals surface area contributed by atoms with E-state index in [9.17, 15) is 4.79 Å². The van der Waals surface area contributed by atoms with Crippen molar-refractivity contribution < 1.29 is 23.7 Å². The molecule has 0 atom stereocenters. The van der Waals surface area contributed by atoms with Crippen molar-refractivity contribution >= 4 is 5.91 Å². The second-order valence-electron chi connectivity index (χ2n) is 6.75. The summed E-state index contributed by atoms with van der Waals surface area (Å²) in [7, 11) is 4.66. The summed E-state index contributed by atoms with van der Waals surface area (Å²) in [5.74, 6) is 2.44. The lowest BCUT2D eigenvalue weighted by Gasteiger charge is -2.17. The van der Waals surface area contributed by atoms with Gasteiger partial charge in [0.2, 0.25) is 5.75 Å². The first-order chi connectivity index (χ1) is 13.4. The van der Waals surface area contributed by atoms with E-state index < -0.39 is 0 Å². The van der Waals surface area contributed by atoms with Crippen LogP contribution in [0.5, 0.6) is 23.0 Å². The Morgan fingerprint density at radius 1 is 0.964 bits per heavy atom. The van der Waals surface area contributed by atoms with E-state index in [2.05, 4.69) is 19.2 Å². The molecule has 0 spiro atoms. The molecule has 0 saturated carbocycles. The summed E-state index contributed by atoms with van der Waals surface area (Å²) in [6, 6.07) is 9.66. The largest absolute Gasteiger partial charge is 0.493 e. The third-order valence-corrected chi connectivity index (χ3v) is 4.41. The molecule has 1 N–H and O–H groups in total. The summed E-state index contributed by atoms with van der Waals surface area (Å²) in [6.07, 6.45) is 0. The maximum absolute atomic E-state index is 12.3. The molecule has 0 saturated heterocycles. The van der Waals surface area contributed by atoms with Crippen molar-refractivity contribution in [1.82, 2.24) is 5.32 Å². The molecule has 6 nitrogen and oxygen atoms in total. The number of ether oxygens (including phenoxy) is 4. The van der Waals surface area contributed by atoms with Crippen LogP contribution in [0.4, 0.5) is 0 Å². The normalized spacial score (nSPS) is 10.5. The highest BCUT2D eigenvalue weighted by Crippen LogP contribution is 2.39. The lowest BCUT2D eigenvalue weighted by molar-refractivity contribution is -0.123. The molecule has 2 aromatic rings. The molecule has 0 aromatic heterocycles. The Labute approximate surface area is 166 Å². The average Bonchev–Trinajstić information content (AvgIpc) is 2.69. The van der Waals surface area contributed by atoms with Crippen LogP contribution in [-0.2, 0) is 11.3 Å². The fourth-order valence-electron chi connectivity index (χ4n) is 2.93. The van der Waals surface area contributed by atoms with Crippen molar-refractivity contribution in [2.75, 3.05) is 27.9 Å². The smallest absolute Gasteiger partial charge is 0.258 e. The Hall–Kier alpha value is -2.89. The standard InChI is InChI=1S/C22H29NO5/c1-14(2)17-9-7-15(3)11-19(17)28-13-20(24)23-12-16-8-10-18(25-4)22(27-6)21(16)26-5/h7-11,14H,12-13H2,1-6H3,(H,23,24). The molecule has 1 amide bonds. The van der Waals surface area contributed by atoms with Gasteiger partial charge in [0.1, 0.15) is 5.75 Å². The third-order valence-electron chi connectivity index (χ3n) is 4.41. The Balaban J connectivity index is 2.03. The molecule has 0 aliphatic carbocycles. The fourth-order valence-corrected chi connectivity index (χ4v) is 2.93. The number of aryl methyl sites for hydroxylation is 1. The first-order valence-corrected chi connectivity index (χ1v) is 9.19. The number of hydrogen-bond donors (Lipinski definition) is 1. The van der Waals surface area contributed by atoms with Gasteiger partial charge in [0, 0.05) is 12.1 Å². The first kappa shape index (κ1) is 21.4. The van der Waals surface area contributed by atoms with Gasteiger partial charge in [-0.3, -0.25) is 4.79 Å². The minimum Gasteiger partial charge on any atom is -0.493 e. The summed E-state index contributed by atoms with van der Waals surface area (Å²) in [5.41, 5.74) is 2.96. The van der Waals surface area contributed by atoms with Gasteiger partial charge in [-0.05, 0) is 42.2 Å². The quantitative estimate of drug-likeness (QED) is 0.708. The lowest BCUT2D eigenvalue weighted by atomic mass is 10.0. The minimum atomic E-state index is -0.215. The number of hydrogen-bond acceptors (Lipinski definition) is 5. The van der Waals surface area contributed by atoms with Crippen LogP contribution in [0.2, 0.25) is 0 Å². The van der Waals surface area contributed by atoms with Gasteiger partial charge in [-0.15, -0.1) is 0 Å². The number of rotatable bonds is 9. The van der Waals surface area contributed by atoms with Crippen LogP contribution in [0, 0.1) is 6.92 Å². The summed E-state index contributed by atoms with van der Waals surface area (Å²) >= 11 is 0. The van der Waals surface area contributed by atoms with Gasteiger partial charge >= 0.3 is 0 Å². The summed E-state index contributed by atoms with van der Waals surface area (Å²) in [6.45, 7) is 6.43. The second-order valence-corrected chi connectivity index (χ2v) is 6.75. The number of benzene rings is 2. The van der Waals surface area contributed by atoms with Crippen molar-refractivity contribution in [2.45, 2.75) is 33.2 Å². The third kappa shape index (κ3) is 5.09. The Kier molecular flexibility index (Phi) is 7.55. The average molecular weight is 387 g/mol. The van der Waals surface area contributed by atoms with Crippen LogP contribution in [0.3, 0.4) is 0 Å². The van der Waals surface area contributed by atoms with Gasteiger partial charge in [0.05, 0.1) is 21.3 Å². The molecule has 0 unspecified atom stereocenters. The zero-order valence-corrected chi connectivity index (χ0v) is 17.4. The van der Waals surface area contributed by atoms with E-state index in [1.165, 1.54) is 0 Å². The predicted octanol–water partition coefficient (Wildman–Crippen LogP) is 3.84. The van der Waals surface area contributed by atoms with E-state index in [0.717, 1.165) is 22.4 Å². The van der Waals surface area contributed by atoms with E-state index in [1.807, 2.05) is 31.2 Å². The molecule has 2 aromatic carbocycles. The van der Waals surface area contributed by atoms with Gasteiger partial charge in [0.25, 0.3) is 5.91 Å². The number of methoxy groups -OCH3 is 3. The van der Waals surface area contributed by atoms with Crippen LogP contribution in [-0.4, -0.2) is 33.8 Å². The first-order valence-electron chi connectivity index (χ1n) is 9.19. The lowest BCUT2D eigenvalue weighted by Crippen LogP contribution is -2.28. The highest BCUT2D eigenvalue weighted by molar-refractivity contribution is 5.77. The topological polar surface area (TPSA) is 66.0 Å². The highest BCUT2D eigenvalue weighted by atomic mass is 16.5. The van der Waals surface area contributed by atoms with Gasteiger partial charge in [0.15, 0.2) is 18.1 Å². The Morgan fingerprint density at radius 2 is 1.68 bits per heavy atom. The number of nitrogens with one attached hydrogen (secondary N) is 1. The molecule has 0 aliphatic rings.